The first-order valence-corrected chi connectivity index (χ1v) is 6.36. The zero-order valence-electron chi connectivity index (χ0n) is 8.98. The number of hydrogen-bond acceptors (Lipinski definition) is 2. The van der Waals surface area contributed by atoms with Gasteiger partial charge in [0.1, 0.15) is 0 Å². The normalized spacial score (nSPS) is 12.4. The summed E-state index contributed by atoms with van der Waals surface area (Å²) in [4.78, 5) is 3.92. The van der Waals surface area contributed by atoms with Crippen molar-refractivity contribution in [1.29, 1.82) is 0 Å². The van der Waals surface area contributed by atoms with E-state index >= 15 is 0 Å². The maximum absolute atomic E-state index is 10.2. The van der Waals surface area contributed by atoms with Crippen LogP contribution in [0.15, 0.2) is 47.2 Å². The van der Waals surface area contributed by atoms with E-state index in [4.69, 9.17) is 11.6 Å². The average molecular weight is 313 g/mol. The lowest BCUT2D eigenvalue weighted by molar-refractivity contribution is 0.177. The van der Waals surface area contributed by atoms with Crippen molar-refractivity contribution in [2.45, 2.75) is 12.5 Å². The van der Waals surface area contributed by atoms with Crippen LogP contribution >= 0.6 is 27.5 Å². The largest absolute Gasteiger partial charge is 0.388 e. The van der Waals surface area contributed by atoms with Crippen LogP contribution in [-0.4, -0.2) is 10.1 Å². The molecule has 17 heavy (non-hydrogen) atoms. The van der Waals surface area contributed by atoms with Crippen molar-refractivity contribution >= 4 is 27.5 Å². The molecule has 4 heteroatoms. The molecule has 0 radical (unpaired) electrons. The van der Waals surface area contributed by atoms with E-state index < -0.39 is 6.10 Å². The zero-order valence-corrected chi connectivity index (χ0v) is 11.3. The SMILES string of the molecule is OC(Cc1ccncc1Cl)c1ccccc1Br. The maximum atomic E-state index is 10.2. The minimum absolute atomic E-state index is 0.476. The Labute approximate surface area is 113 Å². The van der Waals surface area contributed by atoms with Crippen molar-refractivity contribution < 1.29 is 5.11 Å². The van der Waals surface area contributed by atoms with Crippen LogP contribution in [0.4, 0.5) is 0 Å². The molecule has 1 aromatic carbocycles. The Hall–Kier alpha value is -0.900. The van der Waals surface area contributed by atoms with Crippen molar-refractivity contribution in [3.8, 4) is 0 Å². The molecule has 1 N–H and O–H groups in total. The molecule has 0 amide bonds. The number of aromatic nitrogens is 1. The number of hydrogen-bond donors (Lipinski definition) is 1. The molecular weight excluding hydrogens is 302 g/mol. The Bertz CT molecular complexity index is 518. The van der Waals surface area contributed by atoms with Gasteiger partial charge in [-0.05, 0) is 23.3 Å². The summed E-state index contributed by atoms with van der Waals surface area (Å²) >= 11 is 9.43. The van der Waals surface area contributed by atoms with E-state index in [-0.39, 0.29) is 0 Å². The molecule has 1 heterocycles. The number of aliphatic hydroxyl groups excluding tert-OH is 1. The third kappa shape index (κ3) is 3.06. The van der Waals surface area contributed by atoms with Gasteiger partial charge in [-0.3, -0.25) is 4.98 Å². The summed E-state index contributed by atoms with van der Waals surface area (Å²) in [6.07, 6.45) is 3.16. The predicted molar refractivity (Wildman–Crippen MR) is 72.1 cm³/mol. The van der Waals surface area contributed by atoms with Gasteiger partial charge in [0.15, 0.2) is 0 Å². The van der Waals surface area contributed by atoms with Crippen LogP contribution in [0.25, 0.3) is 0 Å². The number of halogens is 2. The van der Waals surface area contributed by atoms with Gasteiger partial charge in [0.25, 0.3) is 0 Å². The number of nitrogens with zero attached hydrogens (tertiary/aromatic N) is 1. The fourth-order valence-electron chi connectivity index (χ4n) is 1.63. The summed E-state index contributed by atoms with van der Waals surface area (Å²) in [5, 5.41) is 10.8. The van der Waals surface area contributed by atoms with Crippen LogP contribution in [0.1, 0.15) is 17.2 Å². The lowest BCUT2D eigenvalue weighted by Crippen LogP contribution is -2.03. The lowest BCUT2D eigenvalue weighted by Gasteiger charge is -2.13. The van der Waals surface area contributed by atoms with Crippen molar-refractivity contribution in [3.05, 3.63) is 63.3 Å². The first kappa shape index (κ1) is 12.6. The third-order valence-corrected chi connectivity index (χ3v) is 3.60. The molecule has 0 aliphatic rings. The van der Waals surface area contributed by atoms with Gasteiger partial charge in [-0.15, -0.1) is 0 Å². The van der Waals surface area contributed by atoms with E-state index in [1.807, 2.05) is 30.3 Å². The summed E-state index contributed by atoms with van der Waals surface area (Å²) in [5.74, 6) is 0. The van der Waals surface area contributed by atoms with E-state index in [1.54, 1.807) is 12.4 Å². The highest BCUT2D eigenvalue weighted by atomic mass is 79.9. The summed E-state index contributed by atoms with van der Waals surface area (Å²) in [5.41, 5.74) is 1.75. The van der Waals surface area contributed by atoms with Gasteiger partial charge in [-0.2, -0.15) is 0 Å². The van der Waals surface area contributed by atoms with E-state index in [0.29, 0.717) is 11.4 Å². The van der Waals surface area contributed by atoms with Crippen molar-refractivity contribution in [2.75, 3.05) is 0 Å². The summed E-state index contributed by atoms with van der Waals surface area (Å²) in [6, 6.07) is 9.44. The van der Waals surface area contributed by atoms with Gasteiger partial charge >= 0.3 is 0 Å². The molecule has 1 unspecified atom stereocenters. The van der Waals surface area contributed by atoms with E-state index in [9.17, 15) is 5.11 Å². The van der Waals surface area contributed by atoms with Gasteiger partial charge in [-0.25, -0.2) is 0 Å². The van der Waals surface area contributed by atoms with Gasteiger partial charge in [0, 0.05) is 23.3 Å². The van der Waals surface area contributed by atoms with E-state index in [2.05, 4.69) is 20.9 Å². The Morgan fingerprint density at radius 2 is 2.06 bits per heavy atom. The molecular formula is C13H11BrClNO. The molecule has 0 spiro atoms. The first-order valence-electron chi connectivity index (χ1n) is 5.19. The molecule has 0 aliphatic carbocycles. The van der Waals surface area contributed by atoms with Crippen molar-refractivity contribution in [3.63, 3.8) is 0 Å². The second-order valence-electron chi connectivity index (χ2n) is 3.71. The standard InChI is InChI=1S/C13H11BrClNO/c14-11-4-2-1-3-10(11)13(17)7-9-5-6-16-8-12(9)15/h1-6,8,13,17H,7H2. The molecule has 0 aliphatic heterocycles. The fraction of sp³-hybridized carbons (Fsp3) is 0.154. The predicted octanol–water partition coefficient (Wildman–Crippen LogP) is 3.77. The molecule has 2 nitrogen and oxygen atoms in total. The molecule has 0 saturated carbocycles. The highest BCUT2D eigenvalue weighted by Gasteiger charge is 2.13. The highest BCUT2D eigenvalue weighted by molar-refractivity contribution is 9.10. The van der Waals surface area contributed by atoms with Gasteiger partial charge in [0.2, 0.25) is 0 Å². The van der Waals surface area contributed by atoms with Gasteiger partial charge in [-0.1, -0.05) is 45.7 Å². The third-order valence-electron chi connectivity index (χ3n) is 2.53. The Morgan fingerprint density at radius 3 is 2.76 bits per heavy atom. The second-order valence-corrected chi connectivity index (χ2v) is 4.97. The summed E-state index contributed by atoms with van der Waals surface area (Å²) in [7, 11) is 0. The number of rotatable bonds is 3. The van der Waals surface area contributed by atoms with Crippen molar-refractivity contribution in [2.24, 2.45) is 0 Å². The van der Waals surface area contributed by atoms with Crippen LogP contribution < -0.4 is 0 Å². The molecule has 88 valence electrons. The molecule has 0 fully saturated rings. The van der Waals surface area contributed by atoms with Crippen LogP contribution in [0, 0.1) is 0 Å². The minimum Gasteiger partial charge on any atom is -0.388 e. The highest BCUT2D eigenvalue weighted by Crippen LogP contribution is 2.27. The average Bonchev–Trinajstić information content (AvgIpc) is 2.32. The maximum Gasteiger partial charge on any atom is 0.0841 e. The Kier molecular flexibility index (Phi) is 4.15. The van der Waals surface area contributed by atoms with Gasteiger partial charge < -0.3 is 5.11 Å². The number of benzene rings is 1. The smallest absolute Gasteiger partial charge is 0.0841 e. The van der Waals surface area contributed by atoms with Crippen LogP contribution in [0.3, 0.4) is 0 Å². The van der Waals surface area contributed by atoms with Gasteiger partial charge in [0.05, 0.1) is 11.1 Å². The minimum atomic E-state index is -0.578. The van der Waals surface area contributed by atoms with E-state index in [0.717, 1.165) is 15.6 Å². The topological polar surface area (TPSA) is 33.1 Å². The zero-order chi connectivity index (χ0) is 12.3. The second kappa shape index (κ2) is 5.63. The van der Waals surface area contributed by atoms with Crippen LogP contribution in [0.5, 0.6) is 0 Å². The summed E-state index contributed by atoms with van der Waals surface area (Å²) < 4.78 is 0.901. The molecule has 2 rings (SSSR count). The molecule has 2 aromatic rings. The molecule has 0 bridgehead atoms. The lowest BCUT2D eigenvalue weighted by atomic mass is 10.0. The Balaban J connectivity index is 2.20. The van der Waals surface area contributed by atoms with Crippen LogP contribution in [0.2, 0.25) is 5.02 Å². The van der Waals surface area contributed by atoms with Crippen molar-refractivity contribution in [1.82, 2.24) is 4.98 Å². The Morgan fingerprint density at radius 1 is 1.29 bits per heavy atom. The molecule has 1 atom stereocenters. The van der Waals surface area contributed by atoms with Crippen LogP contribution in [-0.2, 0) is 6.42 Å². The summed E-state index contributed by atoms with van der Waals surface area (Å²) in [6.45, 7) is 0. The van der Waals surface area contributed by atoms with E-state index in [1.165, 1.54) is 0 Å². The quantitative estimate of drug-likeness (QED) is 0.936. The number of pyridine rings is 1. The molecule has 1 aromatic heterocycles. The fourth-order valence-corrected chi connectivity index (χ4v) is 2.38. The molecule has 0 saturated heterocycles. The first-order chi connectivity index (χ1) is 8.18. The monoisotopic (exact) mass is 311 g/mol. The number of aliphatic hydroxyl groups is 1.